The van der Waals surface area contributed by atoms with Gasteiger partial charge < -0.3 is 10.6 Å². The average Bonchev–Trinajstić information content (AvgIpc) is 2.45. The van der Waals surface area contributed by atoms with Crippen molar-refractivity contribution >= 4 is 21.4 Å². The normalized spacial score (nSPS) is 19.6. The molecule has 1 aromatic carbocycles. The molecular formula is C14H17F3N2O3S. The van der Waals surface area contributed by atoms with Crippen LogP contribution in [-0.2, 0) is 14.6 Å². The molecule has 23 heavy (non-hydrogen) atoms. The number of halogens is 3. The topological polar surface area (TPSA) is 80.5 Å². The van der Waals surface area contributed by atoms with Crippen molar-refractivity contribution in [2.24, 2.45) is 11.7 Å². The molecule has 1 atom stereocenters. The van der Waals surface area contributed by atoms with Crippen LogP contribution in [0.2, 0.25) is 0 Å². The molecular weight excluding hydrogens is 333 g/mol. The van der Waals surface area contributed by atoms with Crippen molar-refractivity contribution < 1.29 is 26.4 Å². The van der Waals surface area contributed by atoms with Gasteiger partial charge in [-0.3, -0.25) is 4.79 Å². The molecule has 1 fully saturated rings. The fourth-order valence-corrected chi connectivity index (χ4v) is 3.78. The van der Waals surface area contributed by atoms with Gasteiger partial charge in [0.05, 0.1) is 10.6 Å². The summed E-state index contributed by atoms with van der Waals surface area (Å²) in [4.78, 5) is 11.8. The lowest BCUT2D eigenvalue weighted by Crippen LogP contribution is -2.38. The maximum atomic E-state index is 12.8. The summed E-state index contributed by atoms with van der Waals surface area (Å²) in [5, 5.41) is 0. The average molecular weight is 350 g/mol. The number of sulfone groups is 1. The van der Waals surface area contributed by atoms with E-state index in [1.54, 1.807) is 4.90 Å². The molecule has 1 aliphatic heterocycles. The molecule has 0 spiro atoms. The van der Waals surface area contributed by atoms with Crippen LogP contribution in [0.25, 0.3) is 0 Å². The van der Waals surface area contributed by atoms with E-state index < -0.39 is 26.1 Å². The number of piperidine rings is 1. The molecule has 1 amide bonds. The van der Waals surface area contributed by atoms with Gasteiger partial charge in [-0.1, -0.05) is 12.1 Å². The van der Waals surface area contributed by atoms with Gasteiger partial charge in [0.2, 0.25) is 5.91 Å². The molecule has 0 aliphatic carbocycles. The number of amides is 1. The van der Waals surface area contributed by atoms with Gasteiger partial charge in [-0.2, -0.15) is 13.2 Å². The van der Waals surface area contributed by atoms with Crippen LogP contribution in [0.1, 0.15) is 19.3 Å². The molecule has 0 aromatic heterocycles. The highest BCUT2D eigenvalue weighted by atomic mass is 32.2. The van der Waals surface area contributed by atoms with Crippen molar-refractivity contribution in [3.8, 4) is 0 Å². The monoisotopic (exact) mass is 350 g/mol. The maximum Gasteiger partial charge on any atom is 0.501 e. The summed E-state index contributed by atoms with van der Waals surface area (Å²) in [6.07, 6.45) is 1.51. The Morgan fingerprint density at radius 1 is 1.30 bits per heavy atom. The Morgan fingerprint density at radius 2 is 1.96 bits per heavy atom. The quantitative estimate of drug-likeness (QED) is 0.901. The van der Waals surface area contributed by atoms with Crippen LogP contribution in [0.4, 0.5) is 18.9 Å². The second kappa shape index (κ2) is 6.38. The number of nitrogens with zero attached hydrogens (tertiary/aromatic N) is 1. The molecule has 1 saturated heterocycles. The van der Waals surface area contributed by atoms with Crippen LogP contribution in [-0.4, -0.2) is 32.9 Å². The maximum absolute atomic E-state index is 12.8. The lowest BCUT2D eigenvalue weighted by Gasteiger charge is -2.35. The molecule has 0 radical (unpaired) electrons. The van der Waals surface area contributed by atoms with Crippen molar-refractivity contribution in [1.82, 2.24) is 0 Å². The van der Waals surface area contributed by atoms with Gasteiger partial charge in [0, 0.05) is 19.5 Å². The number of alkyl halides is 3. The van der Waals surface area contributed by atoms with Gasteiger partial charge in [0.1, 0.15) is 0 Å². The number of hydrogen-bond donors (Lipinski definition) is 1. The molecule has 2 rings (SSSR count). The Hall–Kier alpha value is -1.77. The third kappa shape index (κ3) is 3.77. The first-order valence-corrected chi connectivity index (χ1v) is 8.55. The third-order valence-electron chi connectivity index (χ3n) is 3.81. The molecule has 128 valence electrons. The molecule has 1 aromatic rings. The van der Waals surface area contributed by atoms with Gasteiger partial charge in [0.15, 0.2) is 0 Å². The largest absolute Gasteiger partial charge is 0.501 e. The number of benzene rings is 1. The summed E-state index contributed by atoms with van der Waals surface area (Å²) in [5.41, 5.74) is -0.181. The predicted octanol–water partition coefficient (Wildman–Crippen LogP) is 2.07. The van der Waals surface area contributed by atoms with E-state index in [4.69, 9.17) is 5.73 Å². The minimum Gasteiger partial charge on any atom is -0.370 e. The Bertz CT molecular complexity index is 689. The van der Waals surface area contributed by atoms with E-state index in [1.165, 1.54) is 18.2 Å². The van der Waals surface area contributed by atoms with Crippen molar-refractivity contribution in [3.63, 3.8) is 0 Å². The Morgan fingerprint density at radius 3 is 2.57 bits per heavy atom. The summed E-state index contributed by atoms with van der Waals surface area (Å²) in [7, 11) is -5.43. The number of rotatable bonds is 4. The number of nitrogens with two attached hydrogens (primary N) is 1. The van der Waals surface area contributed by atoms with Gasteiger partial charge in [0.25, 0.3) is 9.84 Å². The van der Waals surface area contributed by atoms with E-state index >= 15 is 0 Å². The van der Waals surface area contributed by atoms with Crippen molar-refractivity contribution in [2.75, 3.05) is 18.0 Å². The molecule has 1 unspecified atom stereocenters. The smallest absolute Gasteiger partial charge is 0.370 e. The molecule has 0 bridgehead atoms. The van der Waals surface area contributed by atoms with Crippen molar-refractivity contribution in [2.45, 2.75) is 29.7 Å². The standard InChI is InChI=1S/C14H17F3N2O3S/c15-14(16,17)23(21,22)12-6-2-1-5-11(12)19-7-3-4-10(9-19)8-13(18)20/h1-2,5-6,10H,3-4,7-9H2,(H2,18,20). The van der Waals surface area contributed by atoms with Crippen LogP contribution in [0, 0.1) is 5.92 Å². The Labute approximate surface area is 132 Å². The Kier molecular flexibility index (Phi) is 4.88. The van der Waals surface area contributed by atoms with Crippen molar-refractivity contribution in [1.29, 1.82) is 0 Å². The number of para-hydroxylation sites is 1. The zero-order valence-electron chi connectivity index (χ0n) is 12.2. The lowest BCUT2D eigenvalue weighted by molar-refractivity contribution is -0.118. The highest BCUT2D eigenvalue weighted by Crippen LogP contribution is 2.37. The second-order valence-corrected chi connectivity index (χ2v) is 7.45. The molecule has 1 heterocycles. The lowest BCUT2D eigenvalue weighted by atomic mass is 9.94. The second-order valence-electron chi connectivity index (χ2n) is 5.54. The summed E-state index contributed by atoms with van der Waals surface area (Å²) >= 11 is 0. The van der Waals surface area contributed by atoms with E-state index in [0.29, 0.717) is 19.5 Å². The van der Waals surface area contributed by atoms with Gasteiger partial charge in [-0.25, -0.2) is 8.42 Å². The van der Waals surface area contributed by atoms with E-state index in [2.05, 4.69) is 0 Å². The van der Waals surface area contributed by atoms with Crippen LogP contribution in [0.15, 0.2) is 29.2 Å². The minimum atomic E-state index is -5.43. The van der Waals surface area contributed by atoms with Crippen molar-refractivity contribution in [3.05, 3.63) is 24.3 Å². The van der Waals surface area contributed by atoms with E-state index in [0.717, 1.165) is 12.5 Å². The number of primary amides is 1. The van der Waals surface area contributed by atoms with E-state index in [9.17, 15) is 26.4 Å². The molecule has 0 saturated carbocycles. The number of hydrogen-bond acceptors (Lipinski definition) is 4. The number of anilines is 1. The highest BCUT2D eigenvalue weighted by Gasteiger charge is 2.48. The fourth-order valence-electron chi connectivity index (χ4n) is 2.81. The minimum absolute atomic E-state index is 0.0130. The first-order chi connectivity index (χ1) is 10.6. The summed E-state index contributed by atoms with van der Waals surface area (Å²) < 4.78 is 62.0. The van der Waals surface area contributed by atoms with Crippen LogP contribution in [0.3, 0.4) is 0 Å². The molecule has 1 aliphatic rings. The fraction of sp³-hybridized carbons (Fsp3) is 0.500. The zero-order chi connectivity index (χ0) is 17.3. The predicted molar refractivity (Wildman–Crippen MR) is 78.4 cm³/mol. The Balaban J connectivity index is 2.36. The third-order valence-corrected chi connectivity index (χ3v) is 5.34. The van der Waals surface area contributed by atoms with Gasteiger partial charge in [-0.15, -0.1) is 0 Å². The highest BCUT2D eigenvalue weighted by molar-refractivity contribution is 7.92. The number of carbonyl (C=O) groups excluding carboxylic acids is 1. The van der Waals surface area contributed by atoms with Crippen LogP contribution in [0.5, 0.6) is 0 Å². The number of carbonyl (C=O) groups is 1. The van der Waals surface area contributed by atoms with Crippen LogP contribution >= 0.6 is 0 Å². The molecule has 5 nitrogen and oxygen atoms in total. The summed E-state index contributed by atoms with van der Waals surface area (Å²) in [6, 6.07) is 5.05. The first kappa shape index (κ1) is 17.6. The van der Waals surface area contributed by atoms with E-state index in [-0.39, 0.29) is 18.0 Å². The van der Waals surface area contributed by atoms with Crippen LogP contribution < -0.4 is 10.6 Å². The SMILES string of the molecule is NC(=O)CC1CCCN(c2ccccc2S(=O)(=O)C(F)(F)F)C1. The molecule has 2 N–H and O–H groups in total. The van der Waals surface area contributed by atoms with E-state index in [1.807, 2.05) is 0 Å². The van der Waals surface area contributed by atoms with Gasteiger partial charge in [-0.05, 0) is 30.9 Å². The summed E-state index contributed by atoms with van der Waals surface area (Å²) in [5.74, 6) is -0.573. The summed E-state index contributed by atoms with van der Waals surface area (Å²) in [6.45, 7) is 0.729. The zero-order valence-corrected chi connectivity index (χ0v) is 13.0. The van der Waals surface area contributed by atoms with Gasteiger partial charge >= 0.3 is 5.51 Å². The first-order valence-electron chi connectivity index (χ1n) is 7.06. The molecule has 9 heteroatoms.